The number of halogens is 4. The highest BCUT2D eigenvalue weighted by Gasteiger charge is 2.10. The zero-order valence-electron chi connectivity index (χ0n) is 7.98. The monoisotopic (exact) mass is 466 g/mol. The largest absolute Gasteiger partial charge is 0.0600 e. The van der Waals surface area contributed by atoms with Crippen molar-refractivity contribution in [2.75, 3.05) is 0 Å². The van der Waals surface area contributed by atoms with Crippen molar-refractivity contribution >= 4 is 63.7 Å². The zero-order chi connectivity index (χ0) is 11.7. The molecular weight excluding hydrogens is 464 g/mol. The molecule has 0 radical (unpaired) electrons. The summed E-state index contributed by atoms with van der Waals surface area (Å²) in [5, 5.41) is 0. The van der Waals surface area contributed by atoms with Crippen LogP contribution in [0.15, 0.2) is 54.3 Å². The molecule has 0 aliphatic carbocycles. The van der Waals surface area contributed by atoms with E-state index in [1.807, 2.05) is 30.3 Å². The molecule has 16 heavy (non-hydrogen) atoms. The first-order valence-electron chi connectivity index (χ1n) is 4.49. The van der Waals surface area contributed by atoms with Crippen LogP contribution in [0, 0.1) is 0 Å². The van der Waals surface area contributed by atoms with Gasteiger partial charge >= 0.3 is 0 Å². The molecule has 0 bridgehead atoms. The number of rotatable bonds is 1. The molecule has 82 valence electrons. The molecule has 0 saturated heterocycles. The van der Waals surface area contributed by atoms with Gasteiger partial charge in [-0.2, -0.15) is 0 Å². The Bertz CT molecular complexity index is 514. The zero-order valence-corrected chi connectivity index (χ0v) is 14.3. The third kappa shape index (κ3) is 2.61. The summed E-state index contributed by atoms with van der Waals surface area (Å²) in [6.45, 7) is 0. The van der Waals surface area contributed by atoms with E-state index in [0.717, 1.165) is 29.0 Å². The fourth-order valence-electron chi connectivity index (χ4n) is 1.44. The second-order valence-corrected chi connectivity index (χ2v) is 6.70. The lowest BCUT2D eigenvalue weighted by molar-refractivity contribution is 1.51. The van der Waals surface area contributed by atoms with Crippen LogP contribution in [0.1, 0.15) is 0 Å². The highest BCUT2D eigenvalue weighted by Crippen LogP contribution is 2.39. The third-order valence-electron chi connectivity index (χ3n) is 2.16. The molecule has 0 nitrogen and oxygen atoms in total. The summed E-state index contributed by atoms with van der Waals surface area (Å²) in [5.41, 5.74) is 2.30. The average Bonchev–Trinajstić information content (AvgIpc) is 2.23. The molecule has 0 atom stereocenters. The van der Waals surface area contributed by atoms with E-state index in [1.165, 1.54) is 0 Å². The molecule has 2 aromatic rings. The van der Waals surface area contributed by atoms with Gasteiger partial charge in [0.25, 0.3) is 0 Å². The summed E-state index contributed by atoms with van der Waals surface area (Å²) < 4.78 is 4.28. The minimum absolute atomic E-state index is 1.06. The summed E-state index contributed by atoms with van der Waals surface area (Å²) in [7, 11) is 0. The molecule has 0 N–H and O–H groups in total. The molecular formula is C12H6Br4. The molecule has 0 aromatic heterocycles. The minimum Gasteiger partial charge on any atom is -0.0600 e. The van der Waals surface area contributed by atoms with E-state index in [0.29, 0.717) is 0 Å². The molecule has 0 spiro atoms. The fraction of sp³-hybridized carbons (Fsp3) is 0. The summed E-state index contributed by atoms with van der Waals surface area (Å²) in [5.74, 6) is 0. The molecule has 4 heteroatoms. The minimum atomic E-state index is 1.06. The predicted molar refractivity (Wildman–Crippen MR) is 82.7 cm³/mol. The Hall–Kier alpha value is 0.360. The van der Waals surface area contributed by atoms with Gasteiger partial charge in [0.2, 0.25) is 0 Å². The van der Waals surface area contributed by atoms with Gasteiger partial charge in [0.05, 0.1) is 0 Å². The van der Waals surface area contributed by atoms with Crippen LogP contribution >= 0.6 is 63.7 Å². The lowest BCUT2D eigenvalue weighted by atomic mass is 10.1. The van der Waals surface area contributed by atoms with E-state index in [1.54, 1.807) is 0 Å². The summed E-state index contributed by atoms with van der Waals surface area (Å²) >= 11 is 14.2. The van der Waals surface area contributed by atoms with Gasteiger partial charge in [0.1, 0.15) is 0 Å². The van der Waals surface area contributed by atoms with Crippen LogP contribution in [0.5, 0.6) is 0 Å². The van der Waals surface area contributed by atoms with Crippen LogP contribution in [-0.4, -0.2) is 0 Å². The van der Waals surface area contributed by atoms with Crippen molar-refractivity contribution in [2.24, 2.45) is 0 Å². The standard InChI is InChI=1S/C12H6Br4/c13-7-4-5-9(14)8(6-7)12-10(15)2-1-3-11(12)16/h1-6H. The van der Waals surface area contributed by atoms with Crippen LogP contribution in [0.25, 0.3) is 11.1 Å². The van der Waals surface area contributed by atoms with E-state index >= 15 is 0 Å². The highest BCUT2D eigenvalue weighted by atomic mass is 79.9. The molecule has 0 aliphatic rings. The molecule has 2 aromatic carbocycles. The molecule has 0 saturated carbocycles. The van der Waals surface area contributed by atoms with Crippen molar-refractivity contribution in [1.29, 1.82) is 0 Å². The molecule has 0 aliphatic heterocycles. The second-order valence-electron chi connectivity index (χ2n) is 3.22. The second kappa shape index (κ2) is 5.34. The Balaban J connectivity index is 2.72. The molecule has 0 unspecified atom stereocenters. The quantitative estimate of drug-likeness (QED) is 0.453. The van der Waals surface area contributed by atoms with Gasteiger partial charge in [-0.25, -0.2) is 0 Å². The van der Waals surface area contributed by atoms with Crippen LogP contribution in [0.3, 0.4) is 0 Å². The first kappa shape index (κ1) is 12.8. The lowest BCUT2D eigenvalue weighted by Gasteiger charge is -2.10. The van der Waals surface area contributed by atoms with Gasteiger partial charge < -0.3 is 0 Å². The van der Waals surface area contributed by atoms with Crippen molar-refractivity contribution in [3.8, 4) is 11.1 Å². The molecule has 0 fully saturated rings. The van der Waals surface area contributed by atoms with Gasteiger partial charge in [0.15, 0.2) is 0 Å². The van der Waals surface area contributed by atoms with E-state index in [2.05, 4.69) is 69.8 Å². The van der Waals surface area contributed by atoms with E-state index in [-0.39, 0.29) is 0 Å². The number of benzene rings is 2. The van der Waals surface area contributed by atoms with E-state index in [9.17, 15) is 0 Å². The van der Waals surface area contributed by atoms with Crippen LogP contribution in [0.2, 0.25) is 0 Å². The first-order valence-corrected chi connectivity index (χ1v) is 7.66. The number of hydrogen-bond acceptors (Lipinski definition) is 0. The van der Waals surface area contributed by atoms with Crippen molar-refractivity contribution in [3.63, 3.8) is 0 Å². The fourth-order valence-corrected chi connectivity index (χ4v) is 3.68. The highest BCUT2D eigenvalue weighted by molar-refractivity contribution is 9.11. The van der Waals surface area contributed by atoms with Gasteiger partial charge in [0, 0.05) is 23.5 Å². The van der Waals surface area contributed by atoms with Gasteiger partial charge in [-0.3, -0.25) is 0 Å². The van der Waals surface area contributed by atoms with Crippen LogP contribution in [0.4, 0.5) is 0 Å². The Kier molecular flexibility index (Phi) is 4.27. The van der Waals surface area contributed by atoms with E-state index in [4.69, 9.17) is 0 Å². The molecule has 2 rings (SSSR count). The predicted octanol–water partition coefficient (Wildman–Crippen LogP) is 6.40. The average molecular weight is 470 g/mol. The maximum atomic E-state index is 3.58. The summed E-state index contributed by atoms with van der Waals surface area (Å²) in [4.78, 5) is 0. The maximum absolute atomic E-state index is 3.58. The molecule has 0 amide bonds. The van der Waals surface area contributed by atoms with Gasteiger partial charge in [-0.05, 0) is 35.9 Å². The molecule has 0 heterocycles. The summed E-state index contributed by atoms with van der Waals surface area (Å²) in [6, 6.07) is 12.2. The Morgan fingerprint density at radius 1 is 0.688 bits per heavy atom. The number of hydrogen-bond donors (Lipinski definition) is 0. The SMILES string of the molecule is Brc1ccc(Br)c(-c2c(Br)cccc2Br)c1. The Morgan fingerprint density at radius 2 is 1.31 bits per heavy atom. The van der Waals surface area contributed by atoms with Crippen molar-refractivity contribution in [1.82, 2.24) is 0 Å². The Morgan fingerprint density at radius 3 is 1.94 bits per heavy atom. The maximum Gasteiger partial charge on any atom is 0.0265 e. The van der Waals surface area contributed by atoms with Crippen LogP contribution in [-0.2, 0) is 0 Å². The van der Waals surface area contributed by atoms with Crippen molar-refractivity contribution in [2.45, 2.75) is 0 Å². The normalized spacial score (nSPS) is 10.5. The first-order chi connectivity index (χ1) is 7.59. The van der Waals surface area contributed by atoms with Crippen molar-refractivity contribution < 1.29 is 0 Å². The smallest absolute Gasteiger partial charge is 0.0265 e. The third-order valence-corrected chi connectivity index (χ3v) is 4.67. The Labute approximate surface area is 128 Å². The lowest BCUT2D eigenvalue weighted by Crippen LogP contribution is -1.84. The topological polar surface area (TPSA) is 0 Å². The van der Waals surface area contributed by atoms with Gasteiger partial charge in [-0.15, -0.1) is 0 Å². The van der Waals surface area contributed by atoms with Crippen LogP contribution < -0.4 is 0 Å². The summed E-state index contributed by atoms with van der Waals surface area (Å²) in [6.07, 6.45) is 0. The van der Waals surface area contributed by atoms with E-state index < -0.39 is 0 Å². The van der Waals surface area contributed by atoms with Gasteiger partial charge in [-0.1, -0.05) is 69.8 Å². The van der Waals surface area contributed by atoms with Crippen molar-refractivity contribution in [3.05, 3.63) is 54.3 Å².